The van der Waals surface area contributed by atoms with Gasteiger partial charge in [-0.05, 0) is 6.42 Å². The predicted octanol–water partition coefficient (Wildman–Crippen LogP) is 2.54. The maximum Gasteiger partial charge on any atom is 0.155 e. The molecule has 0 amide bonds. The Balaban J connectivity index is 4.48. The summed E-state index contributed by atoms with van der Waals surface area (Å²) >= 11 is 0. The molecule has 82 valence electrons. The van der Waals surface area contributed by atoms with Gasteiger partial charge in [-0.15, -0.1) is 6.58 Å². The second kappa shape index (κ2) is 5.30. The van der Waals surface area contributed by atoms with Crippen LogP contribution in [0.1, 0.15) is 41.0 Å². The summed E-state index contributed by atoms with van der Waals surface area (Å²) in [6, 6.07) is 0.235. The zero-order chi connectivity index (χ0) is 11.4. The van der Waals surface area contributed by atoms with Crippen LogP contribution < -0.4 is 5.32 Å². The fraction of sp³-hybridized carbons (Fsp3) is 0.750. The molecular formula is C12H23NO. The topological polar surface area (TPSA) is 29.1 Å². The van der Waals surface area contributed by atoms with Crippen molar-refractivity contribution in [2.75, 3.05) is 0 Å². The fourth-order valence-electron chi connectivity index (χ4n) is 1.34. The molecular weight excluding hydrogens is 174 g/mol. The molecule has 14 heavy (non-hydrogen) atoms. The van der Waals surface area contributed by atoms with E-state index in [1.165, 1.54) is 0 Å². The minimum Gasteiger partial charge on any atom is -0.305 e. The van der Waals surface area contributed by atoms with Crippen LogP contribution in [0.5, 0.6) is 0 Å². The molecule has 0 radical (unpaired) electrons. The number of carbonyl (C=O) groups excluding carboxylic acids is 1. The molecule has 2 heteroatoms. The summed E-state index contributed by atoms with van der Waals surface area (Å²) in [4.78, 5) is 12.0. The van der Waals surface area contributed by atoms with Crippen molar-refractivity contribution in [3.8, 4) is 0 Å². The molecule has 0 aliphatic heterocycles. The van der Waals surface area contributed by atoms with E-state index in [2.05, 4.69) is 11.9 Å². The molecule has 0 aliphatic rings. The quantitative estimate of drug-likeness (QED) is 0.686. The lowest BCUT2D eigenvalue weighted by Gasteiger charge is -2.26. The zero-order valence-corrected chi connectivity index (χ0v) is 10.1. The zero-order valence-electron chi connectivity index (χ0n) is 10.1. The van der Waals surface area contributed by atoms with Gasteiger partial charge in [0.15, 0.2) is 5.78 Å². The second-order valence-electron chi connectivity index (χ2n) is 5.01. The number of nitrogens with one attached hydrogen (secondary N) is 1. The molecule has 0 fully saturated rings. The summed E-state index contributed by atoms with van der Waals surface area (Å²) < 4.78 is 0. The maximum absolute atomic E-state index is 12.0. The largest absolute Gasteiger partial charge is 0.305 e. The second-order valence-corrected chi connectivity index (χ2v) is 5.01. The maximum atomic E-state index is 12.0. The lowest BCUT2D eigenvalue weighted by atomic mass is 9.85. The van der Waals surface area contributed by atoms with Crippen molar-refractivity contribution in [2.24, 2.45) is 5.41 Å². The van der Waals surface area contributed by atoms with Gasteiger partial charge in [0.25, 0.3) is 0 Å². The third-order valence-corrected chi connectivity index (χ3v) is 1.99. The Kier molecular flexibility index (Phi) is 5.06. The Hall–Kier alpha value is -0.630. The van der Waals surface area contributed by atoms with Gasteiger partial charge in [0.05, 0.1) is 6.04 Å². The number of Topliss-reactive ketones (excluding diaryl/α,β-unsaturated/α-hetero) is 1. The van der Waals surface area contributed by atoms with Gasteiger partial charge in [-0.25, -0.2) is 0 Å². The molecule has 0 spiro atoms. The van der Waals surface area contributed by atoms with E-state index in [0.29, 0.717) is 12.5 Å². The van der Waals surface area contributed by atoms with Gasteiger partial charge in [-0.3, -0.25) is 4.79 Å². The molecule has 0 aliphatic carbocycles. The monoisotopic (exact) mass is 197 g/mol. The van der Waals surface area contributed by atoms with E-state index in [9.17, 15) is 4.79 Å². The van der Waals surface area contributed by atoms with Gasteiger partial charge in [0.2, 0.25) is 0 Å². The Morgan fingerprint density at radius 1 is 1.43 bits per heavy atom. The highest BCUT2D eigenvalue weighted by molar-refractivity contribution is 5.88. The average Bonchev–Trinajstić information content (AvgIpc) is 2.00. The summed E-state index contributed by atoms with van der Waals surface area (Å²) in [6.45, 7) is 13.6. The van der Waals surface area contributed by atoms with Crippen molar-refractivity contribution in [1.29, 1.82) is 0 Å². The first kappa shape index (κ1) is 13.4. The highest BCUT2D eigenvalue weighted by Gasteiger charge is 2.28. The third kappa shape index (κ3) is 4.56. The first-order valence-corrected chi connectivity index (χ1v) is 5.20. The van der Waals surface area contributed by atoms with E-state index >= 15 is 0 Å². The smallest absolute Gasteiger partial charge is 0.155 e. The highest BCUT2D eigenvalue weighted by atomic mass is 16.1. The van der Waals surface area contributed by atoms with Crippen LogP contribution >= 0.6 is 0 Å². The number of rotatable bonds is 5. The van der Waals surface area contributed by atoms with Gasteiger partial charge >= 0.3 is 0 Å². The summed E-state index contributed by atoms with van der Waals surface area (Å²) in [7, 11) is 0. The average molecular weight is 197 g/mol. The summed E-state index contributed by atoms with van der Waals surface area (Å²) in [6.07, 6.45) is 2.50. The molecule has 2 nitrogen and oxygen atoms in total. The first-order chi connectivity index (χ1) is 6.29. The van der Waals surface area contributed by atoms with E-state index in [0.717, 1.165) is 0 Å². The molecule has 0 aromatic heterocycles. The van der Waals surface area contributed by atoms with E-state index in [4.69, 9.17) is 0 Å². The van der Waals surface area contributed by atoms with Gasteiger partial charge in [0, 0.05) is 11.5 Å². The molecule has 0 saturated heterocycles. The van der Waals surface area contributed by atoms with Crippen LogP contribution in [-0.4, -0.2) is 17.9 Å². The molecule has 1 N–H and O–H groups in total. The molecule has 0 aromatic rings. The molecule has 0 bridgehead atoms. The Morgan fingerprint density at radius 3 is 2.21 bits per heavy atom. The predicted molar refractivity (Wildman–Crippen MR) is 61.3 cm³/mol. The van der Waals surface area contributed by atoms with E-state index < -0.39 is 0 Å². The van der Waals surface area contributed by atoms with Crippen LogP contribution in [0.2, 0.25) is 0 Å². The Morgan fingerprint density at radius 2 is 1.93 bits per heavy atom. The lowest BCUT2D eigenvalue weighted by Crippen LogP contribution is -2.45. The van der Waals surface area contributed by atoms with Crippen molar-refractivity contribution in [2.45, 2.75) is 53.1 Å². The van der Waals surface area contributed by atoms with E-state index in [1.807, 2.05) is 34.6 Å². The van der Waals surface area contributed by atoms with Crippen molar-refractivity contribution < 1.29 is 4.79 Å². The van der Waals surface area contributed by atoms with Crippen LogP contribution in [-0.2, 0) is 4.79 Å². The minimum absolute atomic E-state index is 0.0903. The van der Waals surface area contributed by atoms with Gasteiger partial charge in [-0.2, -0.15) is 0 Å². The standard InChI is InChI=1S/C12H23NO/c1-7-8-10(13-9(2)3)11(14)12(4,5)6/h7,9-10,13H,1,8H2,2-6H3. The lowest BCUT2D eigenvalue weighted by molar-refractivity contribution is -0.128. The Labute approximate surface area is 87.8 Å². The van der Waals surface area contributed by atoms with Crippen LogP contribution in [0.3, 0.4) is 0 Å². The van der Waals surface area contributed by atoms with Gasteiger partial charge < -0.3 is 5.32 Å². The van der Waals surface area contributed by atoms with Crippen LogP contribution in [0.15, 0.2) is 12.7 Å². The molecule has 0 rings (SSSR count). The molecule has 1 atom stereocenters. The summed E-state index contributed by atoms with van der Waals surface area (Å²) in [5.41, 5.74) is -0.282. The first-order valence-electron chi connectivity index (χ1n) is 5.20. The number of ketones is 1. The molecule has 0 saturated carbocycles. The minimum atomic E-state index is -0.282. The number of carbonyl (C=O) groups is 1. The summed E-state index contributed by atoms with van der Waals surface area (Å²) in [5.74, 6) is 0.256. The molecule has 1 unspecified atom stereocenters. The van der Waals surface area contributed by atoms with Crippen molar-refractivity contribution in [1.82, 2.24) is 5.32 Å². The molecule has 0 aromatic carbocycles. The van der Waals surface area contributed by atoms with Crippen molar-refractivity contribution in [3.05, 3.63) is 12.7 Å². The fourth-order valence-corrected chi connectivity index (χ4v) is 1.34. The summed E-state index contributed by atoms with van der Waals surface area (Å²) in [5, 5.41) is 3.27. The SMILES string of the molecule is C=CCC(NC(C)C)C(=O)C(C)(C)C. The molecule has 0 heterocycles. The van der Waals surface area contributed by atoms with Crippen molar-refractivity contribution in [3.63, 3.8) is 0 Å². The van der Waals surface area contributed by atoms with Crippen LogP contribution in [0.25, 0.3) is 0 Å². The normalized spacial score (nSPS) is 14.1. The van der Waals surface area contributed by atoms with E-state index in [-0.39, 0.29) is 17.2 Å². The third-order valence-electron chi connectivity index (χ3n) is 1.99. The Bertz CT molecular complexity index is 201. The van der Waals surface area contributed by atoms with Gasteiger partial charge in [-0.1, -0.05) is 40.7 Å². The number of hydrogen-bond acceptors (Lipinski definition) is 2. The van der Waals surface area contributed by atoms with E-state index in [1.54, 1.807) is 6.08 Å². The van der Waals surface area contributed by atoms with Gasteiger partial charge in [0.1, 0.15) is 0 Å². The van der Waals surface area contributed by atoms with Crippen LogP contribution in [0, 0.1) is 5.41 Å². The van der Waals surface area contributed by atoms with Crippen LogP contribution in [0.4, 0.5) is 0 Å². The number of hydrogen-bond donors (Lipinski definition) is 1. The highest BCUT2D eigenvalue weighted by Crippen LogP contribution is 2.18. The van der Waals surface area contributed by atoms with Crippen molar-refractivity contribution >= 4 is 5.78 Å².